The van der Waals surface area contributed by atoms with Gasteiger partial charge < -0.3 is 18.7 Å². The van der Waals surface area contributed by atoms with Gasteiger partial charge in [-0.25, -0.2) is 4.99 Å². The van der Waals surface area contributed by atoms with E-state index in [1.54, 1.807) is 37.3 Å². The van der Waals surface area contributed by atoms with Crippen molar-refractivity contribution < 1.29 is 36.5 Å². The molecule has 0 saturated carbocycles. The number of rotatable bonds is 12. The molecule has 1 aliphatic rings. The average Bonchev–Trinajstić information content (AvgIpc) is 3.36. The molecule has 3 aromatic carbocycles. The van der Waals surface area contributed by atoms with Crippen LogP contribution in [0.2, 0.25) is 0 Å². The molecule has 3 aromatic rings. The number of hydrogen-bond donors (Lipinski definition) is 0. The molecular formula is C36H45F3NO5P. The van der Waals surface area contributed by atoms with Crippen LogP contribution in [0.1, 0.15) is 77.1 Å². The highest BCUT2D eigenvalue weighted by molar-refractivity contribution is 7.62. The van der Waals surface area contributed by atoms with Crippen molar-refractivity contribution >= 4 is 13.3 Å². The van der Waals surface area contributed by atoms with Gasteiger partial charge in [-0.05, 0) is 53.8 Å². The second-order valence-electron chi connectivity index (χ2n) is 13.8. The van der Waals surface area contributed by atoms with Gasteiger partial charge in [0.2, 0.25) is 7.37 Å². The first-order valence-corrected chi connectivity index (χ1v) is 17.1. The quantitative estimate of drug-likeness (QED) is 0.181. The molecular weight excluding hydrogens is 614 g/mol. The van der Waals surface area contributed by atoms with E-state index in [4.69, 9.17) is 18.7 Å². The second kappa shape index (κ2) is 13.8. The molecule has 250 valence electrons. The predicted molar refractivity (Wildman–Crippen MR) is 176 cm³/mol. The highest BCUT2D eigenvalue weighted by Gasteiger charge is 2.50. The fourth-order valence-corrected chi connectivity index (χ4v) is 8.81. The first-order chi connectivity index (χ1) is 21.4. The minimum Gasteiger partial charge on any atom is -0.489 e. The summed E-state index contributed by atoms with van der Waals surface area (Å²) in [4.78, 5) is 4.68. The van der Waals surface area contributed by atoms with Gasteiger partial charge in [-0.1, -0.05) is 90.1 Å². The van der Waals surface area contributed by atoms with Crippen LogP contribution < -0.4 is 9.47 Å². The van der Waals surface area contributed by atoms with Gasteiger partial charge in [-0.3, -0.25) is 4.57 Å². The number of alkyl halides is 3. The first kappa shape index (κ1) is 35.6. The van der Waals surface area contributed by atoms with Gasteiger partial charge in [0.05, 0.1) is 12.2 Å². The molecule has 4 rings (SSSR count). The van der Waals surface area contributed by atoms with E-state index in [0.717, 1.165) is 11.6 Å². The van der Waals surface area contributed by atoms with Crippen molar-refractivity contribution in [3.63, 3.8) is 0 Å². The number of hydrogen-bond acceptors (Lipinski definition) is 6. The molecule has 1 atom stereocenters. The molecule has 0 amide bonds. The minimum atomic E-state index is -4.62. The maximum absolute atomic E-state index is 14.2. The highest BCUT2D eigenvalue weighted by Crippen LogP contribution is 2.68. The zero-order valence-electron chi connectivity index (χ0n) is 27.7. The number of benzene rings is 3. The van der Waals surface area contributed by atoms with Crippen molar-refractivity contribution in [1.82, 2.24) is 0 Å². The van der Waals surface area contributed by atoms with E-state index in [9.17, 15) is 17.7 Å². The zero-order valence-corrected chi connectivity index (χ0v) is 28.6. The summed E-state index contributed by atoms with van der Waals surface area (Å²) in [5, 5.41) is -1.22. The lowest BCUT2D eigenvalue weighted by atomic mass is 9.93. The lowest BCUT2D eigenvalue weighted by molar-refractivity contribution is -0.139. The van der Waals surface area contributed by atoms with Crippen molar-refractivity contribution in [2.24, 2.45) is 4.99 Å². The van der Waals surface area contributed by atoms with Gasteiger partial charge in [-0.2, -0.15) is 13.2 Å². The molecule has 6 nitrogen and oxygen atoms in total. The summed E-state index contributed by atoms with van der Waals surface area (Å²) in [6.45, 7) is 13.7. The van der Waals surface area contributed by atoms with Crippen LogP contribution in [0.15, 0.2) is 77.8 Å². The van der Waals surface area contributed by atoms with E-state index >= 15 is 0 Å². The Morgan fingerprint density at radius 2 is 1.48 bits per heavy atom. The van der Waals surface area contributed by atoms with E-state index in [2.05, 4.69) is 4.99 Å². The van der Waals surface area contributed by atoms with Crippen LogP contribution in [0.3, 0.4) is 0 Å². The normalized spacial score (nSPS) is 17.4. The van der Waals surface area contributed by atoms with E-state index < -0.39 is 35.0 Å². The summed E-state index contributed by atoms with van der Waals surface area (Å²) in [6.07, 6.45) is -3.99. The lowest BCUT2D eigenvalue weighted by Gasteiger charge is -2.41. The van der Waals surface area contributed by atoms with Crippen molar-refractivity contribution in [3.05, 3.63) is 95.1 Å². The Kier molecular flexibility index (Phi) is 10.7. The Morgan fingerprint density at radius 3 is 2.09 bits per heavy atom. The molecule has 0 saturated heterocycles. The van der Waals surface area contributed by atoms with Crippen LogP contribution >= 0.6 is 7.37 Å². The molecule has 0 bridgehead atoms. The van der Waals surface area contributed by atoms with E-state index in [1.165, 1.54) is 6.07 Å². The van der Waals surface area contributed by atoms with Gasteiger partial charge >= 0.3 is 6.18 Å². The van der Waals surface area contributed by atoms with E-state index in [1.807, 2.05) is 71.9 Å². The van der Waals surface area contributed by atoms with Crippen molar-refractivity contribution in [2.45, 2.75) is 96.5 Å². The molecule has 1 aliphatic heterocycles. The summed E-state index contributed by atoms with van der Waals surface area (Å²) in [7, 11) is -3.19. The SMILES string of the molecule is CC1=NC(CCc2ccc(OCc3cccc(OCc4ccccc4)c3)c(C(F)(F)F)c2)(COP(=O)(C(C)(C)C)C(C)(C)C)CO1. The fraction of sp³-hybridized carbons (Fsp3) is 0.472. The van der Waals surface area contributed by atoms with Crippen molar-refractivity contribution in [3.8, 4) is 11.5 Å². The Morgan fingerprint density at radius 1 is 0.826 bits per heavy atom. The smallest absolute Gasteiger partial charge is 0.419 e. The van der Waals surface area contributed by atoms with E-state index in [-0.39, 0.29) is 32.0 Å². The Bertz CT molecular complexity index is 1540. The Labute approximate surface area is 270 Å². The molecule has 0 spiro atoms. The highest BCUT2D eigenvalue weighted by atomic mass is 31.2. The summed E-state index contributed by atoms with van der Waals surface area (Å²) in [6, 6.07) is 20.9. The third-order valence-corrected chi connectivity index (χ3v) is 12.0. The van der Waals surface area contributed by atoms with Gasteiger partial charge in [0, 0.05) is 17.2 Å². The average molecular weight is 660 g/mol. The van der Waals surface area contributed by atoms with Crippen LogP contribution in [-0.2, 0) is 39.6 Å². The summed E-state index contributed by atoms with van der Waals surface area (Å²) >= 11 is 0. The van der Waals surface area contributed by atoms with Crippen molar-refractivity contribution in [1.29, 1.82) is 0 Å². The summed E-state index contributed by atoms with van der Waals surface area (Å²) < 4.78 is 80.3. The number of halogens is 3. The number of aryl methyl sites for hydroxylation is 1. The first-order valence-electron chi connectivity index (χ1n) is 15.4. The largest absolute Gasteiger partial charge is 0.489 e. The van der Waals surface area contributed by atoms with Gasteiger partial charge in [-0.15, -0.1) is 0 Å². The molecule has 0 fully saturated rings. The summed E-state index contributed by atoms with van der Waals surface area (Å²) in [5.41, 5.74) is 0.456. The second-order valence-corrected chi connectivity index (χ2v) is 17.9. The molecule has 0 radical (unpaired) electrons. The molecule has 0 N–H and O–H groups in total. The van der Waals surface area contributed by atoms with Crippen LogP contribution in [0.5, 0.6) is 11.5 Å². The summed E-state index contributed by atoms with van der Waals surface area (Å²) in [5.74, 6) is 0.822. The number of ether oxygens (including phenoxy) is 3. The zero-order chi connectivity index (χ0) is 33.8. The Hall–Kier alpha value is -3.29. The fourth-order valence-electron chi connectivity index (χ4n) is 5.60. The van der Waals surface area contributed by atoms with Gasteiger partial charge in [0.25, 0.3) is 0 Å². The molecule has 46 heavy (non-hydrogen) atoms. The van der Waals surface area contributed by atoms with Crippen LogP contribution in [0.4, 0.5) is 13.2 Å². The number of aliphatic imine (C=N–C) groups is 1. The standard InChI is InChI=1S/C36H45F3NO5P/c1-26-40-35(24-44-26,25-45-46(41,33(2,3)4)34(5,6)7)19-18-27-16-17-32(31(21-27)36(37,38)39)43-23-29-14-11-15-30(20-29)42-22-28-12-9-8-10-13-28/h8-17,20-21H,18-19,22-25H2,1-7H3. The molecule has 1 unspecified atom stereocenters. The van der Waals surface area contributed by atoms with Crippen LogP contribution in [-0.4, -0.2) is 35.0 Å². The third kappa shape index (κ3) is 8.74. The molecule has 0 aliphatic carbocycles. The molecule has 1 heterocycles. The lowest BCUT2D eigenvalue weighted by Crippen LogP contribution is -2.38. The predicted octanol–water partition coefficient (Wildman–Crippen LogP) is 9.88. The monoisotopic (exact) mass is 659 g/mol. The maximum Gasteiger partial charge on any atom is 0.419 e. The minimum absolute atomic E-state index is 0.0393. The van der Waals surface area contributed by atoms with Gasteiger partial charge in [0.15, 0.2) is 5.90 Å². The number of nitrogens with zero attached hydrogens (tertiary/aromatic N) is 1. The molecule has 0 aromatic heterocycles. The molecule has 10 heteroatoms. The third-order valence-electron chi connectivity index (χ3n) is 8.00. The van der Waals surface area contributed by atoms with Crippen LogP contribution in [0, 0.1) is 0 Å². The van der Waals surface area contributed by atoms with Crippen LogP contribution in [0.25, 0.3) is 0 Å². The topological polar surface area (TPSA) is 66.3 Å². The maximum atomic E-state index is 14.2. The van der Waals surface area contributed by atoms with Crippen molar-refractivity contribution in [2.75, 3.05) is 13.2 Å². The Balaban J connectivity index is 1.46. The van der Waals surface area contributed by atoms with E-state index in [0.29, 0.717) is 35.8 Å². The van der Waals surface area contributed by atoms with Gasteiger partial charge in [0.1, 0.15) is 36.9 Å².